The number of halogens is 1. The third-order valence-electron chi connectivity index (χ3n) is 4.45. The number of carbonyl (C=O) groups is 2. The Morgan fingerprint density at radius 2 is 1.91 bits per heavy atom. The molecule has 4 rings (SSSR count). The van der Waals surface area contributed by atoms with E-state index in [-0.39, 0.29) is 24.1 Å². The summed E-state index contributed by atoms with van der Waals surface area (Å²) in [5.74, 6) is -1.20. The largest absolute Gasteiger partial charge is 0.462 e. The summed E-state index contributed by atoms with van der Waals surface area (Å²) >= 11 is 2.37. The summed E-state index contributed by atoms with van der Waals surface area (Å²) in [6, 6.07) is 15.1. The van der Waals surface area contributed by atoms with Crippen molar-refractivity contribution in [2.45, 2.75) is 12.1 Å². The van der Waals surface area contributed by atoms with Gasteiger partial charge in [0.1, 0.15) is 16.4 Å². The number of nitrogens with zero attached hydrogens (tertiary/aromatic N) is 4. The highest BCUT2D eigenvalue weighted by Gasteiger charge is 2.23. The molecule has 2 aromatic carbocycles. The van der Waals surface area contributed by atoms with Gasteiger partial charge in [0, 0.05) is 10.9 Å². The van der Waals surface area contributed by atoms with Crippen LogP contribution in [0.5, 0.6) is 0 Å². The molecule has 0 fully saturated rings. The molecule has 168 valence electrons. The van der Waals surface area contributed by atoms with Gasteiger partial charge in [-0.3, -0.25) is 4.79 Å². The monoisotopic (exact) mass is 483 g/mol. The van der Waals surface area contributed by atoms with Crippen LogP contribution in [-0.2, 0) is 9.53 Å². The maximum absolute atomic E-state index is 13.2. The Labute approximate surface area is 196 Å². The molecule has 0 bridgehead atoms. The van der Waals surface area contributed by atoms with Crippen LogP contribution >= 0.6 is 23.1 Å². The van der Waals surface area contributed by atoms with E-state index in [9.17, 15) is 14.0 Å². The van der Waals surface area contributed by atoms with Crippen LogP contribution in [0.4, 0.5) is 9.39 Å². The van der Waals surface area contributed by atoms with E-state index >= 15 is 0 Å². The first-order chi connectivity index (χ1) is 16.1. The second kappa shape index (κ2) is 10.4. The van der Waals surface area contributed by atoms with E-state index < -0.39 is 5.97 Å². The highest BCUT2D eigenvalue weighted by molar-refractivity contribution is 7.99. The minimum Gasteiger partial charge on any atom is -0.462 e. The molecular weight excluding hydrogens is 465 g/mol. The molecule has 0 aliphatic heterocycles. The van der Waals surface area contributed by atoms with Crippen LogP contribution in [0.2, 0.25) is 0 Å². The highest BCUT2D eigenvalue weighted by atomic mass is 32.2. The van der Waals surface area contributed by atoms with Crippen LogP contribution in [0.25, 0.3) is 16.8 Å². The van der Waals surface area contributed by atoms with Gasteiger partial charge in [-0.15, -0.1) is 16.4 Å². The number of thiophene rings is 1. The van der Waals surface area contributed by atoms with Crippen LogP contribution in [0.15, 0.2) is 65.1 Å². The number of tetrazole rings is 1. The summed E-state index contributed by atoms with van der Waals surface area (Å²) in [6.07, 6.45) is 0. The normalized spacial score (nSPS) is 10.7. The standard InChI is InChI=1S/C22H18FN5O3S2/c1-2-31-21(30)19-17(14-6-4-3-5-7-14)12-32-20(19)24-18(29)13-33-22-25-26-27-28(22)16-10-8-15(23)9-11-16/h3-12H,2,13H2,1H3,(H,24,29). The van der Waals surface area contributed by atoms with Crippen LogP contribution in [0.3, 0.4) is 0 Å². The van der Waals surface area contributed by atoms with Crippen molar-refractivity contribution in [1.82, 2.24) is 20.2 Å². The van der Waals surface area contributed by atoms with Crippen molar-refractivity contribution < 1.29 is 18.7 Å². The Morgan fingerprint density at radius 1 is 1.15 bits per heavy atom. The fourth-order valence-electron chi connectivity index (χ4n) is 2.99. The van der Waals surface area contributed by atoms with Crippen LogP contribution < -0.4 is 5.32 Å². The Kier molecular flexibility index (Phi) is 7.10. The zero-order valence-corrected chi connectivity index (χ0v) is 19.0. The quantitative estimate of drug-likeness (QED) is 0.292. The third-order valence-corrected chi connectivity index (χ3v) is 6.27. The second-order valence-electron chi connectivity index (χ2n) is 6.63. The SMILES string of the molecule is CCOC(=O)c1c(-c2ccccc2)csc1NC(=O)CSc1nnnn1-c1ccc(F)cc1. The van der Waals surface area contributed by atoms with Gasteiger partial charge in [-0.25, -0.2) is 9.18 Å². The molecule has 1 N–H and O–H groups in total. The average molecular weight is 484 g/mol. The van der Waals surface area contributed by atoms with Gasteiger partial charge in [-0.1, -0.05) is 42.1 Å². The van der Waals surface area contributed by atoms with E-state index in [1.807, 2.05) is 35.7 Å². The third kappa shape index (κ3) is 5.26. The second-order valence-corrected chi connectivity index (χ2v) is 8.45. The first-order valence-corrected chi connectivity index (χ1v) is 11.7. The number of nitrogens with one attached hydrogen (secondary N) is 1. The zero-order valence-electron chi connectivity index (χ0n) is 17.4. The first kappa shape index (κ1) is 22.6. The average Bonchev–Trinajstić information content (AvgIpc) is 3.46. The molecule has 11 heteroatoms. The lowest BCUT2D eigenvalue weighted by Crippen LogP contribution is -2.16. The fourth-order valence-corrected chi connectivity index (χ4v) is 4.66. The van der Waals surface area contributed by atoms with Gasteiger partial charge in [0.25, 0.3) is 0 Å². The van der Waals surface area contributed by atoms with Crippen molar-refractivity contribution in [2.75, 3.05) is 17.7 Å². The van der Waals surface area contributed by atoms with Crippen LogP contribution in [-0.4, -0.2) is 44.4 Å². The van der Waals surface area contributed by atoms with Crippen molar-refractivity contribution in [1.29, 1.82) is 0 Å². The molecule has 0 aliphatic carbocycles. The Hall–Kier alpha value is -3.57. The maximum Gasteiger partial charge on any atom is 0.341 e. The lowest BCUT2D eigenvalue weighted by molar-refractivity contribution is -0.113. The number of aromatic nitrogens is 4. The summed E-state index contributed by atoms with van der Waals surface area (Å²) in [4.78, 5) is 25.3. The van der Waals surface area contributed by atoms with E-state index in [2.05, 4.69) is 20.8 Å². The fraction of sp³-hybridized carbons (Fsp3) is 0.136. The molecule has 0 saturated heterocycles. The van der Waals surface area contributed by atoms with E-state index in [4.69, 9.17) is 4.74 Å². The minimum atomic E-state index is -0.499. The number of rotatable bonds is 8. The summed E-state index contributed by atoms with van der Waals surface area (Å²) in [7, 11) is 0. The van der Waals surface area contributed by atoms with E-state index in [0.717, 1.165) is 17.3 Å². The minimum absolute atomic E-state index is 0.00238. The summed E-state index contributed by atoms with van der Waals surface area (Å²) in [5, 5.41) is 16.9. The topological polar surface area (TPSA) is 99.0 Å². The Balaban J connectivity index is 1.49. The van der Waals surface area contributed by atoms with Crippen molar-refractivity contribution in [3.8, 4) is 16.8 Å². The molecule has 8 nitrogen and oxygen atoms in total. The smallest absolute Gasteiger partial charge is 0.341 e. The number of benzene rings is 2. The summed E-state index contributed by atoms with van der Waals surface area (Å²) in [5.41, 5.74) is 2.44. The molecule has 4 aromatic rings. The van der Waals surface area contributed by atoms with Gasteiger partial charge < -0.3 is 10.1 Å². The molecule has 0 spiro atoms. The van der Waals surface area contributed by atoms with Gasteiger partial charge in [0.05, 0.1) is 18.0 Å². The molecule has 1 amide bonds. The zero-order chi connectivity index (χ0) is 23.2. The number of ether oxygens (including phenoxy) is 1. The molecule has 0 aliphatic rings. The summed E-state index contributed by atoms with van der Waals surface area (Å²) in [6.45, 7) is 1.95. The predicted molar refractivity (Wildman–Crippen MR) is 124 cm³/mol. The first-order valence-electron chi connectivity index (χ1n) is 9.87. The van der Waals surface area contributed by atoms with Gasteiger partial charge in [-0.05, 0) is 47.2 Å². The molecule has 0 atom stereocenters. The van der Waals surface area contributed by atoms with Gasteiger partial charge in [0.2, 0.25) is 11.1 Å². The van der Waals surface area contributed by atoms with Gasteiger partial charge in [-0.2, -0.15) is 4.68 Å². The van der Waals surface area contributed by atoms with E-state index in [1.165, 1.54) is 40.3 Å². The molecule has 0 radical (unpaired) electrons. The van der Waals surface area contributed by atoms with Crippen LogP contribution in [0.1, 0.15) is 17.3 Å². The molecule has 33 heavy (non-hydrogen) atoms. The van der Waals surface area contributed by atoms with Crippen molar-refractivity contribution in [3.05, 3.63) is 71.4 Å². The van der Waals surface area contributed by atoms with Gasteiger partial charge in [0.15, 0.2) is 0 Å². The van der Waals surface area contributed by atoms with E-state index in [1.54, 1.807) is 6.92 Å². The van der Waals surface area contributed by atoms with Crippen molar-refractivity contribution >= 4 is 40.0 Å². The predicted octanol–water partition coefficient (Wildman–Crippen LogP) is 4.44. The summed E-state index contributed by atoms with van der Waals surface area (Å²) < 4.78 is 19.8. The van der Waals surface area contributed by atoms with Gasteiger partial charge >= 0.3 is 5.97 Å². The highest BCUT2D eigenvalue weighted by Crippen LogP contribution is 2.36. The number of carbonyl (C=O) groups excluding carboxylic acids is 2. The Morgan fingerprint density at radius 3 is 2.64 bits per heavy atom. The molecular formula is C22H18FN5O3S2. The van der Waals surface area contributed by atoms with Crippen LogP contribution in [0, 0.1) is 5.82 Å². The number of esters is 1. The number of anilines is 1. The lowest BCUT2D eigenvalue weighted by atomic mass is 10.0. The Bertz CT molecular complexity index is 1260. The van der Waals surface area contributed by atoms with Crippen molar-refractivity contribution in [3.63, 3.8) is 0 Å². The van der Waals surface area contributed by atoms with Crippen molar-refractivity contribution in [2.24, 2.45) is 0 Å². The number of hydrogen-bond acceptors (Lipinski definition) is 8. The maximum atomic E-state index is 13.2. The number of amides is 1. The molecule has 2 aromatic heterocycles. The number of hydrogen-bond donors (Lipinski definition) is 1. The van der Waals surface area contributed by atoms with E-state index in [0.29, 0.717) is 27.0 Å². The lowest BCUT2D eigenvalue weighted by Gasteiger charge is -2.09. The molecule has 0 saturated carbocycles. The molecule has 2 heterocycles. The molecule has 0 unspecified atom stereocenters. The number of thioether (sulfide) groups is 1.